The van der Waals surface area contributed by atoms with Crippen LogP contribution in [0, 0.1) is 12.7 Å². The molecule has 38 heavy (non-hydrogen) atoms. The molecular formula is C28H36FN5O4. The highest BCUT2D eigenvalue weighted by molar-refractivity contribution is 5.85. The first-order valence-electron chi connectivity index (χ1n) is 13.3. The van der Waals surface area contributed by atoms with Gasteiger partial charge in [-0.3, -0.25) is 9.69 Å². The van der Waals surface area contributed by atoms with Crippen LogP contribution in [0.5, 0.6) is 0 Å². The van der Waals surface area contributed by atoms with Crippen LogP contribution in [0.15, 0.2) is 29.2 Å². The number of halogens is 1. The van der Waals surface area contributed by atoms with Gasteiger partial charge in [-0.05, 0) is 46.2 Å². The summed E-state index contributed by atoms with van der Waals surface area (Å²) in [6, 6.07) is 5.13. The Balaban J connectivity index is 1.57. The van der Waals surface area contributed by atoms with E-state index in [1.165, 1.54) is 0 Å². The molecule has 0 spiro atoms. The number of pyridine rings is 1. The Hall–Kier alpha value is -2.92. The van der Waals surface area contributed by atoms with Gasteiger partial charge in [0.15, 0.2) is 11.2 Å². The van der Waals surface area contributed by atoms with E-state index >= 15 is 4.39 Å². The zero-order chi connectivity index (χ0) is 27.0. The Morgan fingerprint density at radius 1 is 1.29 bits per heavy atom. The standard InChI is InChI=1S/C28H36FN5O4/c1-16(2)34-23-11-19(26-21(29)12-30-28(32-26)31-22-7-9-37-15-25(22)35)5-6-20(23)27(36)18(4)24(34)14-33-8-10-38-17(3)13-33/h5-6,11-12,16-17,22,25,35H,7-10,13-15H2,1-4H3,(H,30,31,32)/t17-,22-,25-/m1/s1. The van der Waals surface area contributed by atoms with Gasteiger partial charge >= 0.3 is 0 Å². The summed E-state index contributed by atoms with van der Waals surface area (Å²) in [5, 5.41) is 13.9. The maximum atomic E-state index is 15.0. The third-order valence-corrected chi connectivity index (χ3v) is 7.44. The number of hydrogen-bond donors (Lipinski definition) is 2. The van der Waals surface area contributed by atoms with Crippen molar-refractivity contribution in [3.8, 4) is 11.3 Å². The van der Waals surface area contributed by atoms with Crippen molar-refractivity contribution < 1.29 is 19.0 Å². The number of fused-ring (bicyclic) bond motifs is 1. The Labute approximate surface area is 221 Å². The number of ether oxygens (including phenoxy) is 2. The third kappa shape index (κ3) is 5.31. The van der Waals surface area contributed by atoms with Crippen LogP contribution in [0.1, 0.15) is 44.5 Å². The van der Waals surface area contributed by atoms with E-state index in [2.05, 4.69) is 45.5 Å². The maximum Gasteiger partial charge on any atom is 0.223 e. The average Bonchev–Trinajstić information content (AvgIpc) is 2.89. The summed E-state index contributed by atoms with van der Waals surface area (Å²) < 4.78 is 28.2. The number of anilines is 1. The zero-order valence-corrected chi connectivity index (χ0v) is 22.4. The normalized spacial score (nSPS) is 22.8. The molecule has 9 nitrogen and oxygen atoms in total. The van der Waals surface area contributed by atoms with Crippen molar-refractivity contribution in [2.45, 2.75) is 65.0 Å². The lowest BCUT2D eigenvalue weighted by Gasteiger charge is -2.33. The van der Waals surface area contributed by atoms with Crippen LogP contribution in [0.4, 0.5) is 10.3 Å². The molecule has 0 radical (unpaired) electrons. The van der Waals surface area contributed by atoms with Crippen LogP contribution < -0.4 is 10.7 Å². The maximum absolute atomic E-state index is 15.0. The van der Waals surface area contributed by atoms with Gasteiger partial charge in [0.2, 0.25) is 5.95 Å². The average molecular weight is 526 g/mol. The van der Waals surface area contributed by atoms with E-state index in [1.807, 2.05) is 13.0 Å². The number of aromatic nitrogens is 3. The molecule has 3 aromatic rings. The molecule has 2 aliphatic rings. The number of aliphatic hydroxyl groups excluding tert-OH is 1. The van der Waals surface area contributed by atoms with Crippen LogP contribution >= 0.6 is 0 Å². The first-order valence-corrected chi connectivity index (χ1v) is 13.3. The summed E-state index contributed by atoms with van der Waals surface area (Å²) in [4.78, 5) is 24.3. The van der Waals surface area contributed by atoms with Crippen LogP contribution in [0.3, 0.4) is 0 Å². The summed E-state index contributed by atoms with van der Waals surface area (Å²) >= 11 is 0. The van der Waals surface area contributed by atoms with Crippen molar-refractivity contribution in [2.75, 3.05) is 38.2 Å². The van der Waals surface area contributed by atoms with Gasteiger partial charge in [-0.2, -0.15) is 0 Å². The topological polar surface area (TPSA) is 102 Å². The molecule has 2 N–H and O–H groups in total. The van der Waals surface area contributed by atoms with Gasteiger partial charge in [-0.15, -0.1) is 0 Å². The van der Waals surface area contributed by atoms with Crippen molar-refractivity contribution >= 4 is 16.9 Å². The number of aliphatic hydroxyl groups is 1. The monoisotopic (exact) mass is 525 g/mol. The quantitative estimate of drug-likeness (QED) is 0.506. The van der Waals surface area contributed by atoms with E-state index in [1.54, 1.807) is 12.1 Å². The molecule has 0 aliphatic carbocycles. The smallest absolute Gasteiger partial charge is 0.223 e. The lowest BCUT2D eigenvalue weighted by atomic mass is 10.0. The number of hydrogen-bond acceptors (Lipinski definition) is 8. The number of nitrogens with one attached hydrogen (secondary N) is 1. The minimum atomic E-state index is -0.696. The van der Waals surface area contributed by atoms with E-state index in [9.17, 15) is 9.90 Å². The van der Waals surface area contributed by atoms with E-state index in [0.29, 0.717) is 37.1 Å². The van der Waals surface area contributed by atoms with Crippen LogP contribution in [-0.2, 0) is 16.0 Å². The predicted molar refractivity (Wildman–Crippen MR) is 144 cm³/mol. The lowest BCUT2D eigenvalue weighted by Crippen LogP contribution is -2.42. The van der Waals surface area contributed by atoms with Crippen LogP contribution in [0.25, 0.3) is 22.2 Å². The fraction of sp³-hybridized carbons (Fsp3) is 0.536. The number of morpholine rings is 1. The van der Waals surface area contributed by atoms with Crippen molar-refractivity contribution in [1.29, 1.82) is 0 Å². The molecule has 5 rings (SSSR count). The van der Waals surface area contributed by atoms with Gasteiger partial charge in [0.25, 0.3) is 0 Å². The molecule has 10 heteroatoms. The highest BCUT2D eigenvalue weighted by atomic mass is 19.1. The minimum absolute atomic E-state index is 0.0150. The molecule has 3 atom stereocenters. The van der Waals surface area contributed by atoms with E-state index < -0.39 is 11.9 Å². The van der Waals surface area contributed by atoms with Crippen molar-refractivity contribution in [3.63, 3.8) is 0 Å². The molecule has 0 bridgehead atoms. The van der Waals surface area contributed by atoms with Gasteiger partial charge < -0.3 is 24.5 Å². The molecule has 0 amide bonds. The minimum Gasteiger partial charge on any atom is -0.389 e. The Bertz CT molecular complexity index is 1380. The van der Waals surface area contributed by atoms with Gasteiger partial charge in [-0.1, -0.05) is 6.07 Å². The predicted octanol–water partition coefficient (Wildman–Crippen LogP) is 3.27. The summed E-state index contributed by atoms with van der Waals surface area (Å²) in [5.74, 6) is -0.324. The highest BCUT2D eigenvalue weighted by Gasteiger charge is 2.25. The fourth-order valence-electron chi connectivity index (χ4n) is 5.46. The first kappa shape index (κ1) is 26.7. The van der Waals surface area contributed by atoms with Crippen molar-refractivity contribution in [1.82, 2.24) is 19.4 Å². The Morgan fingerprint density at radius 2 is 2.11 bits per heavy atom. The van der Waals surface area contributed by atoms with E-state index in [-0.39, 0.29) is 41.9 Å². The molecule has 204 valence electrons. The Morgan fingerprint density at radius 3 is 2.84 bits per heavy atom. The van der Waals surface area contributed by atoms with Gasteiger partial charge in [0.1, 0.15) is 5.69 Å². The van der Waals surface area contributed by atoms with Crippen LogP contribution in [0.2, 0.25) is 0 Å². The second-order valence-electron chi connectivity index (χ2n) is 10.6. The lowest BCUT2D eigenvalue weighted by molar-refractivity contribution is -0.0220. The first-order chi connectivity index (χ1) is 18.2. The molecule has 2 fully saturated rings. The molecule has 2 aromatic heterocycles. The largest absolute Gasteiger partial charge is 0.389 e. The highest BCUT2D eigenvalue weighted by Crippen LogP contribution is 2.29. The Kier molecular flexibility index (Phi) is 7.76. The molecule has 2 saturated heterocycles. The molecule has 2 aliphatic heterocycles. The number of benzene rings is 1. The van der Waals surface area contributed by atoms with E-state index in [4.69, 9.17) is 9.47 Å². The second-order valence-corrected chi connectivity index (χ2v) is 10.6. The van der Waals surface area contributed by atoms with Gasteiger partial charge in [-0.25, -0.2) is 14.4 Å². The summed E-state index contributed by atoms with van der Waals surface area (Å²) in [6.45, 7) is 11.8. The van der Waals surface area contributed by atoms with Crippen LogP contribution in [-0.4, -0.2) is 75.7 Å². The molecule has 1 aromatic carbocycles. The van der Waals surface area contributed by atoms with Crippen molar-refractivity contribution in [3.05, 3.63) is 51.7 Å². The third-order valence-electron chi connectivity index (χ3n) is 7.44. The second kappa shape index (κ2) is 11.1. The summed E-state index contributed by atoms with van der Waals surface area (Å²) in [5.41, 5.74) is 3.11. The summed E-state index contributed by atoms with van der Waals surface area (Å²) in [7, 11) is 0. The van der Waals surface area contributed by atoms with E-state index in [0.717, 1.165) is 36.1 Å². The van der Waals surface area contributed by atoms with Gasteiger partial charge in [0, 0.05) is 54.5 Å². The SMILES string of the molecule is Cc1c(CN2CCO[C@H](C)C2)n(C(C)C)c2cc(-c3nc(N[C@@H]4CCOC[C@H]4O)ncc3F)ccc2c1=O. The zero-order valence-electron chi connectivity index (χ0n) is 22.4. The fourth-order valence-corrected chi connectivity index (χ4v) is 5.46. The molecular weight excluding hydrogens is 489 g/mol. The molecule has 0 saturated carbocycles. The molecule has 4 heterocycles. The number of rotatable bonds is 6. The molecule has 0 unspecified atom stereocenters. The van der Waals surface area contributed by atoms with Gasteiger partial charge in [0.05, 0.1) is 43.2 Å². The number of nitrogens with zero attached hydrogens (tertiary/aromatic N) is 4. The van der Waals surface area contributed by atoms with Crippen molar-refractivity contribution in [2.24, 2.45) is 0 Å². The summed E-state index contributed by atoms with van der Waals surface area (Å²) in [6.07, 6.45) is 1.17.